The Balaban J connectivity index is 1.60. The summed E-state index contributed by atoms with van der Waals surface area (Å²) in [7, 11) is 4.03. The van der Waals surface area contributed by atoms with Gasteiger partial charge >= 0.3 is 6.03 Å². The van der Waals surface area contributed by atoms with Crippen molar-refractivity contribution in [1.82, 2.24) is 15.1 Å². The van der Waals surface area contributed by atoms with E-state index in [1.165, 1.54) is 5.56 Å². The summed E-state index contributed by atoms with van der Waals surface area (Å²) in [6, 6.07) is 8.40. The molecular formula is C18H29N3O2. The van der Waals surface area contributed by atoms with Gasteiger partial charge in [0.25, 0.3) is 0 Å². The lowest BCUT2D eigenvalue weighted by molar-refractivity contribution is 0.147. The second-order valence-electron chi connectivity index (χ2n) is 6.39. The molecule has 1 heterocycles. The Kier molecular flexibility index (Phi) is 6.71. The Bertz CT molecular complexity index is 482. The zero-order valence-corrected chi connectivity index (χ0v) is 14.5. The summed E-state index contributed by atoms with van der Waals surface area (Å²) in [6.45, 7) is 5.43. The van der Waals surface area contributed by atoms with Crippen molar-refractivity contribution in [3.8, 4) is 5.75 Å². The van der Waals surface area contributed by atoms with Crippen molar-refractivity contribution >= 4 is 6.03 Å². The van der Waals surface area contributed by atoms with Gasteiger partial charge in [-0.3, -0.25) is 0 Å². The third-order valence-electron chi connectivity index (χ3n) is 4.44. The standard InChI is InChI=1S/C18H29N3O2/c1-15-5-7-17(8-6-15)23-14-4-11-19-18(22)21(3)16-9-12-20(2)13-10-16/h5-8,16H,4,9-14H2,1-3H3,(H,19,22). The number of carbonyl (C=O) groups excluding carboxylic acids is 1. The zero-order valence-electron chi connectivity index (χ0n) is 14.5. The molecule has 1 aromatic carbocycles. The van der Waals surface area contributed by atoms with Crippen LogP contribution in [0.2, 0.25) is 0 Å². The minimum atomic E-state index is 0.0230. The largest absolute Gasteiger partial charge is 0.494 e. The van der Waals surface area contributed by atoms with Crippen LogP contribution in [0.3, 0.4) is 0 Å². The molecule has 1 N–H and O–H groups in total. The van der Waals surface area contributed by atoms with Crippen LogP contribution in [0.4, 0.5) is 4.79 Å². The van der Waals surface area contributed by atoms with Gasteiger partial charge in [-0.15, -0.1) is 0 Å². The Labute approximate surface area is 139 Å². The lowest BCUT2D eigenvalue weighted by Crippen LogP contribution is -2.48. The first-order valence-electron chi connectivity index (χ1n) is 8.45. The maximum absolute atomic E-state index is 12.2. The molecule has 5 heteroatoms. The third kappa shape index (κ3) is 5.75. The van der Waals surface area contributed by atoms with Crippen molar-refractivity contribution in [2.45, 2.75) is 32.2 Å². The number of aryl methyl sites for hydroxylation is 1. The molecule has 5 nitrogen and oxygen atoms in total. The highest BCUT2D eigenvalue weighted by Gasteiger charge is 2.23. The van der Waals surface area contributed by atoms with Crippen molar-refractivity contribution in [2.24, 2.45) is 0 Å². The molecule has 23 heavy (non-hydrogen) atoms. The van der Waals surface area contributed by atoms with Gasteiger partial charge in [0.2, 0.25) is 0 Å². The summed E-state index contributed by atoms with van der Waals surface area (Å²) in [6.07, 6.45) is 2.91. The zero-order chi connectivity index (χ0) is 16.7. The van der Waals surface area contributed by atoms with E-state index in [-0.39, 0.29) is 6.03 Å². The summed E-state index contributed by atoms with van der Waals surface area (Å²) in [5.41, 5.74) is 1.22. The molecule has 2 amide bonds. The monoisotopic (exact) mass is 319 g/mol. The molecule has 0 bridgehead atoms. The highest BCUT2D eigenvalue weighted by atomic mass is 16.5. The number of piperidine rings is 1. The Morgan fingerprint density at radius 3 is 2.61 bits per heavy atom. The van der Waals surface area contributed by atoms with Gasteiger partial charge in [-0.2, -0.15) is 0 Å². The second-order valence-corrected chi connectivity index (χ2v) is 6.39. The number of urea groups is 1. The van der Waals surface area contributed by atoms with E-state index in [0.29, 0.717) is 19.2 Å². The van der Waals surface area contributed by atoms with Gasteiger partial charge in [0.15, 0.2) is 0 Å². The van der Waals surface area contributed by atoms with E-state index in [2.05, 4.69) is 24.2 Å². The molecular weight excluding hydrogens is 290 g/mol. The quantitative estimate of drug-likeness (QED) is 0.820. The first-order chi connectivity index (χ1) is 11.1. The molecule has 0 aliphatic carbocycles. The summed E-state index contributed by atoms with van der Waals surface area (Å²) in [4.78, 5) is 16.3. The van der Waals surface area contributed by atoms with Crippen molar-refractivity contribution in [3.05, 3.63) is 29.8 Å². The van der Waals surface area contributed by atoms with Crippen molar-refractivity contribution in [1.29, 1.82) is 0 Å². The average Bonchev–Trinajstić information content (AvgIpc) is 2.56. The van der Waals surface area contributed by atoms with Gasteiger partial charge < -0.3 is 19.9 Å². The summed E-state index contributed by atoms with van der Waals surface area (Å²) in [5.74, 6) is 0.880. The molecule has 0 saturated carbocycles. The Hall–Kier alpha value is -1.75. The van der Waals surface area contributed by atoms with Crippen molar-refractivity contribution in [3.63, 3.8) is 0 Å². The van der Waals surface area contributed by atoms with Gasteiger partial charge in [0.1, 0.15) is 5.75 Å². The van der Waals surface area contributed by atoms with Gasteiger partial charge in [0.05, 0.1) is 6.61 Å². The van der Waals surface area contributed by atoms with Crippen LogP contribution >= 0.6 is 0 Å². The van der Waals surface area contributed by atoms with Crippen LogP contribution in [0, 0.1) is 6.92 Å². The maximum atomic E-state index is 12.2. The minimum absolute atomic E-state index is 0.0230. The summed E-state index contributed by atoms with van der Waals surface area (Å²) >= 11 is 0. The number of likely N-dealkylation sites (tertiary alicyclic amines) is 1. The van der Waals surface area contributed by atoms with Crippen LogP contribution in [0.1, 0.15) is 24.8 Å². The lowest BCUT2D eigenvalue weighted by Gasteiger charge is -2.35. The summed E-state index contributed by atoms with van der Waals surface area (Å²) in [5, 5.41) is 2.98. The highest BCUT2D eigenvalue weighted by molar-refractivity contribution is 5.74. The van der Waals surface area contributed by atoms with E-state index in [4.69, 9.17) is 4.74 Å². The number of hydrogen-bond donors (Lipinski definition) is 1. The normalized spacial score (nSPS) is 16.1. The number of nitrogens with one attached hydrogen (secondary N) is 1. The van der Waals surface area contributed by atoms with E-state index in [9.17, 15) is 4.79 Å². The van der Waals surface area contributed by atoms with Crippen LogP contribution in [0.15, 0.2) is 24.3 Å². The van der Waals surface area contributed by atoms with Crippen LogP contribution in [0.25, 0.3) is 0 Å². The fourth-order valence-electron chi connectivity index (χ4n) is 2.76. The second kappa shape index (κ2) is 8.77. The number of carbonyl (C=O) groups is 1. The van der Waals surface area contributed by atoms with Gasteiger partial charge in [-0.1, -0.05) is 17.7 Å². The molecule has 1 saturated heterocycles. The molecule has 1 aliphatic heterocycles. The predicted octanol–water partition coefficient (Wildman–Crippen LogP) is 2.50. The molecule has 0 spiro atoms. The van der Waals surface area contributed by atoms with E-state index in [1.807, 2.05) is 36.2 Å². The third-order valence-corrected chi connectivity index (χ3v) is 4.44. The number of nitrogens with zero attached hydrogens (tertiary/aromatic N) is 2. The lowest BCUT2D eigenvalue weighted by atomic mass is 10.0. The van der Waals surface area contributed by atoms with E-state index in [1.54, 1.807) is 0 Å². The van der Waals surface area contributed by atoms with E-state index < -0.39 is 0 Å². The van der Waals surface area contributed by atoms with Gasteiger partial charge in [0, 0.05) is 19.6 Å². The number of hydrogen-bond acceptors (Lipinski definition) is 3. The fraction of sp³-hybridized carbons (Fsp3) is 0.611. The molecule has 2 rings (SSSR count). The molecule has 0 aromatic heterocycles. The number of ether oxygens (including phenoxy) is 1. The average molecular weight is 319 g/mol. The number of amides is 2. The molecule has 0 atom stereocenters. The molecule has 1 aliphatic rings. The molecule has 0 radical (unpaired) electrons. The first-order valence-corrected chi connectivity index (χ1v) is 8.45. The fourth-order valence-corrected chi connectivity index (χ4v) is 2.76. The molecule has 1 aromatic rings. The smallest absolute Gasteiger partial charge is 0.317 e. The SMILES string of the molecule is Cc1ccc(OCCCNC(=O)N(C)C2CCN(C)CC2)cc1. The molecule has 128 valence electrons. The highest BCUT2D eigenvalue weighted by Crippen LogP contribution is 2.14. The van der Waals surface area contributed by atoms with Gasteiger partial charge in [-0.25, -0.2) is 4.79 Å². The summed E-state index contributed by atoms with van der Waals surface area (Å²) < 4.78 is 5.66. The number of benzene rings is 1. The van der Waals surface area contributed by atoms with Crippen molar-refractivity contribution < 1.29 is 9.53 Å². The van der Waals surface area contributed by atoms with Crippen LogP contribution in [-0.2, 0) is 0 Å². The maximum Gasteiger partial charge on any atom is 0.317 e. The van der Waals surface area contributed by atoms with E-state index in [0.717, 1.165) is 38.1 Å². The Morgan fingerprint density at radius 1 is 1.30 bits per heavy atom. The molecule has 0 unspecified atom stereocenters. The predicted molar refractivity (Wildman–Crippen MR) is 93.0 cm³/mol. The first kappa shape index (κ1) is 17.6. The van der Waals surface area contributed by atoms with E-state index >= 15 is 0 Å². The minimum Gasteiger partial charge on any atom is -0.494 e. The van der Waals surface area contributed by atoms with Gasteiger partial charge in [-0.05, 0) is 58.5 Å². The Morgan fingerprint density at radius 2 is 1.96 bits per heavy atom. The molecule has 1 fully saturated rings. The topological polar surface area (TPSA) is 44.8 Å². The van der Waals surface area contributed by atoms with Crippen LogP contribution in [-0.4, -0.2) is 62.2 Å². The number of rotatable bonds is 6. The van der Waals surface area contributed by atoms with Crippen molar-refractivity contribution in [2.75, 3.05) is 40.3 Å². The van der Waals surface area contributed by atoms with Crippen LogP contribution in [0.5, 0.6) is 5.75 Å². The van der Waals surface area contributed by atoms with Crippen LogP contribution < -0.4 is 10.1 Å².